The lowest BCUT2D eigenvalue weighted by Gasteiger charge is -2.13. The molecule has 2 N–H and O–H groups in total. The number of aromatic nitrogens is 1. The number of nitrogens with two attached hydrogens (primary N) is 1. The Bertz CT molecular complexity index is 578. The molecule has 0 radical (unpaired) electrons. The Balaban J connectivity index is 1.83. The zero-order valence-corrected chi connectivity index (χ0v) is 11.0. The monoisotopic (exact) mass is 254 g/mol. The SMILES string of the molecule is Cc1cccc(C(N)c2cccc(OC3CC3)c2)n1. The van der Waals surface area contributed by atoms with E-state index in [4.69, 9.17) is 10.5 Å². The van der Waals surface area contributed by atoms with E-state index >= 15 is 0 Å². The summed E-state index contributed by atoms with van der Waals surface area (Å²) in [6.45, 7) is 1.98. The third kappa shape index (κ3) is 2.93. The second-order valence-corrected chi connectivity index (χ2v) is 5.07. The highest BCUT2D eigenvalue weighted by Crippen LogP contribution is 2.28. The summed E-state index contributed by atoms with van der Waals surface area (Å²) < 4.78 is 5.80. The zero-order valence-electron chi connectivity index (χ0n) is 11.0. The molecule has 1 heterocycles. The van der Waals surface area contributed by atoms with Crippen LogP contribution >= 0.6 is 0 Å². The highest BCUT2D eigenvalue weighted by atomic mass is 16.5. The van der Waals surface area contributed by atoms with E-state index < -0.39 is 0 Å². The van der Waals surface area contributed by atoms with Gasteiger partial charge in [0.1, 0.15) is 5.75 Å². The van der Waals surface area contributed by atoms with E-state index in [1.165, 1.54) is 0 Å². The smallest absolute Gasteiger partial charge is 0.120 e. The maximum atomic E-state index is 6.28. The van der Waals surface area contributed by atoms with E-state index in [-0.39, 0.29) is 6.04 Å². The fourth-order valence-corrected chi connectivity index (χ4v) is 2.07. The van der Waals surface area contributed by atoms with Crippen LogP contribution in [0.25, 0.3) is 0 Å². The molecule has 1 saturated carbocycles. The molecular weight excluding hydrogens is 236 g/mol. The van der Waals surface area contributed by atoms with Crippen molar-refractivity contribution >= 4 is 0 Å². The van der Waals surface area contributed by atoms with Crippen LogP contribution in [-0.4, -0.2) is 11.1 Å². The van der Waals surface area contributed by atoms with Gasteiger partial charge in [-0.05, 0) is 49.6 Å². The zero-order chi connectivity index (χ0) is 13.2. The Morgan fingerprint density at radius 2 is 2.00 bits per heavy atom. The van der Waals surface area contributed by atoms with Crippen molar-refractivity contribution in [1.82, 2.24) is 4.98 Å². The molecule has 0 spiro atoms. The van der Waals surface area contributed by atoms with Crippen molar-refractivity contribution in [3.8, 4) is 5.75 Å². The maximum absolute atomic E-state index is 6.28. The molecule has 3 heteroatoms. The Kier molecular flexibility index (Phi) is 3.22. The van der Waals surface area contributed by atoms with Crippen molar-refractivity contribution in [2.24, 2.45) is 5.73 Å². The first kappa shape index (κ1) is 12.2. The number of nitrogens with zero attached hydrogens (tertiary/aromatic N) is 1. The van der Waals surface area contributed by atoms with Crippen molar-refractivity contribution in [1.29, 1.82) is 0 Å². The van der Waals surface area contributed by atoms with Gasteiger partial charge in [0, 0.05) is 5.69 Å². The van der Waals surface area contributed by atoms with Gasteiger partial charge >= 0.3 is 0 Å². The Morgan fingerprint density at radius 3 is 2.74 bits per heavy atom. The molecule has 1 atom stereocenters. The molecule has 98 valence electrons. The lowest BCUT2D eigenvalue weighted by molar-refractivity contribution is 0.303. The second kappa shape index (κ2) is 5.02. The number of aryl methyl sites for hydroxylation is 1. The van der Waals surface area contributed by atoms with Crippen molar-refractivity contribution in [2.75, 3.05) is 0 Å². The van der Waals surface area contributed by atoms with E-state index in [9.17, 15) is 0 Å². The molecule has 3 nitrogen and oxygen atoms in total. The third-order valence-electron chi connectivity index (χ3n) is 3.27. The van der Waals surface area contributed by atoms with Gasteiger partial charge in [-0.3, -0.25) is 4.98 Å². The van der Waals surface area contributed by atoms with E-state index in [1.54, 1.807) is 0 Å². The van der Waals surface area contributed by atoms with Crippen LogP contribution in [0.3, 0.4) is 0 Å². The van der Waals surface area contributed by atoms with Crippen molar-refractivity contribution in [3.05, 3.63) is 59.4 Å². The summed E-state index contributed by atoms with van der Waals surface area (Å²) in [5, 5.41) is 0. The van der Waals surface area contributed by atoms with Gasteiger partial charge in [0.2, 0.25) is 0 Å². The van der Waals surface area contributed by atoms with Crippen LogP contribution in [-0.2, 0) is 0 Å². The van der Waals surface area contributed by atoms with E-state index in [1.807, 2.05) is 49.4 Å². The van der Waals surface area contributed by atoms with Crippen LogP contribution in [0, 0.1) is 6.92 Å². The minimum absolute atomic E-state index is 0.206. The quantitative estimate of drug-likeness (QED) is 0.912. The van der Waals surface area contributed by atoms with Crippen LogP contribution < -0.4 is 10.5 Å². The van der Waals surface area contributed by atoms with Gasteiger partial charge in [0.05, 0.1) is 17.8 Å². The lowest BCUT2D eigenvalue weighted by Crippen LogP contribution is -2.14. The maximum Gasteiger partial charge on any atom is 0.120 e. The number of hydrogen-bond donors (Lipinski definition) is 1. The molecule has 0 amide bonds. The van der Waals surface area contributed by atoms with Crippen molar-refractivity contribution < 1.29 is 4.74 Å². The molecule has 0 aliphatic heterocycles. The fourth-order valence-electron chi connectivity index (χ4n) is 2.07. The Hall–Kier alpha value is -1.87. The summed E-state index contributed by atoms with van der Waals surface area (Å²) in [7, 11) is 0. The summed E-state index contributed by atoms with van der Waals surface area (Å²) in [4.78, 5) is 4.49. The highest BCUT2D eigenvalue weighted by molar-refractivity contribution is 5.34. The number of rotatable bonds is 4. The highest BCUT2D eigenvalue weighted by Gasteiger charge is 2.23. The van der Waals surface area contributed by atoms with Gasteiger partial charge < -0.3 is 10.5 Å². The van der Waals surface area contributed by atoms with Gasteiger partial charge in [0.15, 0.2) is 0 Å². The van der Waals surface area contributed by atoms with E-state index in [0.717, 1.165) is 35.5 Å². The predicted molar refractivity (Wildman–Crippen MR) is 75.1 cm³/mol. The van der Waals surface area contributed by atoms with E-state index in [2.05, 4.69) is 4.98 Å². The van der Waals surface area contributed by atoms with E-state index in [0.29, 0.717) is 6.10 Å². The topological polar surface area (TPSA) is 48.1 Å². The number of ether oxygens (including phenoxy) is 1. The van der Waals surface area contributed by atoms with Crippen LogP contribution in [0.4, 0.5) is 0 Å². The van der Waals surface area contributed by atoms with Gasteiger partial charge in [-0.15, -0.1) is 0 Å². The Morgan fingerprint density at radius 1 is 1.21 bits per heavy atom. The van der Waals surface area contributed by atoms with Crippen LogP contribution in [0.1, 0.15) is 35.8 Å². The summed E-state index contributed by atoms with van der Waals surface area (Å²) in [6.07, 6.45) is 2.73. The van der Waals surface area contributed by atoms with Crippen LogP contribution in [0.5, 0.6) is 5.75 Å². The molecule has 1 fully saturated rings. The summed E-state index contributed by atoms with van der Waals surface area (Å²) in [5.74, 6) is 0.906. The van der Waals surface area contributed by atoms with Crippen molar-refractivity contribution in [3.63, 3.8) is 0 Å². The molecule has 1 aliphatic carbocycles. The summed E-state index contributed by atoms with van der Waals surface area (Å²) >= 11 is 0. The molecule has 1 unspecified atom stereocenters. The largest absolute Gasteiger partial charge is 0.490 e. The second-order valence-electron chi connectivity index (χ2n) is 5.07. The standard InChI is InChI=1S/C16H18N2O/c1-11-4-2-7-15(18-11)16(17)12-5-3-6-14(10-12)19-13-8-9-13/h2-7,10,13,16H,8-9,17H2,1H3. The van der Waals surface area contributed by atoms with Crippen LogP contribution in [0.2, 0.25) is 0 Å². The minimum Gasteiger partial charge on any atom is -0.490 e. The molecule has 2 aromatic rings. The first-order valence-electron chi connectivity index (χ1n) is 6.68. The molecule has 1 aromatic heterocycles. The average Bonchev–Trinajstić information content (AvgIpc) is 3.22. The first-order valence-corrected chi connectivity index (χ1v) is 6.68. The minimum atomic E-state index is -0.206. The first-order chi connectivity index (χ1) is 9.22. The third-order valence-corrected chi connectivity index (χ3v) is 3.27. The lowest BCUT2D eigenvalue weighted by atomic mass is 10.0. The molecule has 3 rings (SSSR count). The summed E-state index contributed by atoms with van der Waals surface area (Å²) in [6, 6.07) is 13.7. The Labute approximate surface area is 113 Å². The molecule has 19 heavy (non-hydrogen) atoms. The predicted octanol–water partition coefficient (Wildman–Crippen LogP) is 2.98. The fraction of sp³-hybridized carbons (Fsp3) is 0.312. The van der Waals surface area contributed by atoms with Gasteiger partial charge in [-0.1, -0.05) is 18.2 Å². The van der Waals surface area contributed by atoms with Crippen molar-refractivity contribution in [2.45, 2.75) is 31.9 Å². The number of benzene rings is 1. The molecular formula is C16H18N2O. The van der Waals surface area contributed by atoms with Gasteiger partial charge in [-0.2, -0.15) is 0 Å². The number of pyridine rings is 1. The molecule has 0 bridgehead atoms. The molecule has 0 saturated heterocycles. The van der Waals surface area contributed by atoms with Gasteiger partial charge in [0.25, 0.3) is 0 Å². The van der Waals surface area contributed by atoms with Crippen LogP contribution in [0.15, 0.2) is 42.5 Å². The van der Waals surface area contributed by atoms with Gasteiger partial charge in [-0.25, -0.2) is 0 Å². The average molecular weight is 254 g/mol. The summed E-state index contributed by atoms with van der Waals surface area (Å²) in [5.41, 5.74) is 9.20. The number of hydrogen-bond acceptors (Lipinski definition) is 3. The molecule has 1 aromatic carbocycles. The molecule has 1 aliphatic rings. The normalized spacial score (nSPS) is 16.1.